The molecule has 6 nitrogen and oxygen atoms in total. The molecule has 0 aromatic heterocycles. The van der Waals surface area contributed by atoms with Crippen molar-refractivity contribution in [1.29, 1.82) is 0 Å². The number of nitrogens with one attached hydrogen (secondary N) is 1. The van der Waals surface area contributed by atoms with Crippen LogP contribution in [-0.2, 0) is 9.53 Å². The van der Waals surface area contributed by atoms with Crippen LogP contribution in [0.1, 0.15) is 6.92 Å². The number of halogens is 3. The maximum absolute atomic E-state index is 12.7. The summed E-state index contributed by atoms with van der Waals surface area (Å²) in [5, 5.41) is 11.3. The number of rotatable bonds is 4. The van der Waals surface area contributed by atoms with Crippen molar-refractivity contribution in [3.63, 3.8) is 0 Å². The number of amides is 2. The van der Waals surface area contributed by atoms with E-state index in [1.807, 2.05) is 0 Å². The van der Waals surface area contributed by atoms with Crippen LogP contribution in [-0.4, -0.2) is 61.0 Å². The molecule has 1 heterocycles. The molecule has 0 radical (unpaired) electrons. The first-order chi connectivity index (χ1) is 9.16. The zero-order valence-corrected chi connectivity index (χ0v) is 11.1. The summed E-state index contributed by atoms with van der Waals surface area (Å²) in [6, 6.07) is -1.09. The van der Waals surface area contributed by atoms with Gasteiger partial charge in [0.15, 0.2) is 0 Å². The first-order valence-electron chi connectivity index (χ1n) is 6.00. The van der Waals surface area contributed by atoms with Gasteiger partial charge in [0, 0.05) is 20.2 Å². The van der Waals surface area contributed by atoms with Crippen molar-refractivity contribution < 1.29 is 32.6 Å². The van der Waals surface area contributed by atoms with Crippen LogP contribution in [0.2, 0.25) is 0 Å². The minimum Gasteiger partial charge on any atom is -0.481 e. The van der Waals surface area contributed by atoms with Gasteiger partial charge in [0.25, 0.3) is 0 Å². The molecule has 20 heavy (non-hydrogen) atoms. The van der Waals surface area contributed by atoms with Gasteiger partial charge >= 0.3 is 18.2 Å². The Balaban J connectivity index is 2.70. The Hall–Kier alpha value is -1.51. The van der Waals surface area contributed by atoms with Gasteiger partial charge in [-0.2, -0.15) is 13.2 Å². The molecule has 0 aromatic rings. The van der Waals surface area contributed by atoms with Crippen molar-refractivity contribution in [2.75, 3.05) is 26.8 Å². The monoisotopic (exact) mass is 298 g/mol. The number of carbonyl (C=O) groups is 2. The van der Waals surface area contributed by atoms with Crippen LogP contribution in [0, 0.1) is 11.8 Å². The van der Waals surface area contributed by atoms with Gasteiger partial charge in [-0.1, -0.05) is 0 Å². The first kappa shape index (κ1) is 16.5. The molecule has 2 amide bonds. The number of carbonyl (C=O) groups excluding carboxylic acids is 1. The van der Waals surface area contributed by atoms with Gasteiger partial charge in [0.1, 0.15) is 0 Å². The Labute approximate surface area is 113 Å². The second kappa shape index (κ2) is 6.29. The maximum Gasteiger partial charge on any atom is 0.394 e. The number of aliphatic carboxylic acids is 1. The largest absolute Gasteiger partial charge is 0.481 e. The highest BCUT2D eigenvalue weighted by molar-refractivity contribution is 5.78. The van der Waals surface area contributed by atoms with Crippen LogP contribution in [0.25, 0.3) is 0 Å². The number of hydrogen-bond acceptors (Lipinski definition) is 3. The van der Waals surface area contributed by atoms with Crippen molar-refractivity contribution in [2.24, 2.45) is 11.8 Å². The summed E-state index contributed by atoms with van der Waals surface area (Å²) in [5.41, 5.74) is 0. The van der Waals surface area contributed by atoms with E-state index in [-0.39, 0.29) is 12.6 Å². The molecule has 1 rings (SSSR count). The lowest BCUT2D eigenvalue weighted by Crippen LogP contribution is -2.44. The quantitative estimate of drug-likeness (QED) is 0.809. The topological polar surface area (TPSA) is 78.9 Å². The summed E-state index contributed by atoms with van der Waals surface area (Å²) in [6.45, 7) is 0.745. The van der Waals surface area contributed by atoms with Crippen LogP contribution in [0.4, 0.5) is 18.0 Å². The second-order valence-corrected chi connectivity index (χ2v) is 4.80. The minimum absolute atomic E-state index is 0.213. The summed E-state index contributed by atoms with van der Waals surface area (Å²) in [7, 11) is 1.43. The number of ether oxygens (including phenoxy) is 1. The van der Waals surface area contributed by atoms with E-state index in [9.17, 15) is 22.8 Å². The summed E-state index contributed by atoms with van der Waals surface area (Å²) in [6.07, 6.45) is -4.64. The van der Waals surface area contributed by atoms with Crippen LogP contribution < -0.4 is 5.32 Å². The van der Waals surface area contributed by atoms with Crippen molar-refractivity contribution in [2.45, 2.75) is 19.1 Å². The van der Waals surface area contributed by atoms with Crippen molar-refractivity contribution in [1.82, 2.24) is 10.2 Å². The number of alkyl halides is 3. The molecule has 0 saturated carbocycles. The van der Waals surface area contributed by atoms with Crippen LogP contribution >= 0.6 is 0 Å². The highest BCUT2D eigenvalue weighted by Gasteiger charge is 2.53. The van der Waals surface area contributed by atoms with Gasteiger partial charge in [0.05, 0.1) is 24.5 Å². The Morgan fingerprint density at radius 1 is 1.45 bits per heavy atom. The Bertz CT molecular complexity index is 375. The van der Waals surface area contributed by atoms with Crippen LogP contribution in [0.3, 0.4) is 0 Å². The van der Waals surface area contributed by atoms with E-state index in [1.165, 1.54) is 7.11 Å². The smallest absolute Gasteiger partial charge is 0.394 e. The van der Waals surface area contributed by atoms with Gasteiger partial charge in [0.2, 0.25) is 0 Å². The predicted octanol–water partition coefficient (Wildman–Crippen LogP) is 0.926. The molecule has 116 valence electrons. The number of carboxylic acid groups (broad SMARTS) is 1. The summed E-state index contributed by atoms with van der Waals surface area (Å²) in [4.78, 5) is 23.5. The average Bonchev–Trinajstić information content (AvgIpc) is 2.73. The standard InChI is InChI=1S/C11H17F3N2O4/c1-6(5-20-2)15-10(19)16-3-7(9(17)18)8(4-16)11(12,13)14/h6-8H,3-5H2,1-2H3,(H,15,19)(H,17,18)/t6-,7-,8-/m1/s1. The highest BCUT2D eigenvalue weighted by atomic mass is 19.4. The van der Waals surface area contributed by atoms with E-state index in [0.717, 1.165) is 4.90 Å². The summed E-state index contributed by atoms with van der Waals surface area (Å²) < 4.78 is 43.0. The lowest BCUT2D eigenvalue weighted by Gasteiger charge is -2.21. The van der Waals surface area contributed by atoms with E-state index in [0.29, 0.717) is 0 Å². The lowest BCUT2D eigenvalue weighted by molar-refractivity contribution is -0.187. The third-order valence-electron chi connectivity index (χ3n) is 3.13. The molecule has 0 bridgehead atoms. The normalized spacial score (nSPS) is 24.6. The minimum atomic E-state index is -4.64. The molecule has 0 spiro atoms. The molecular weight excluding hydrogens is 281 g/mol. The number of likely N-dealkylation sites (tertiary alicyclic amines) is 1. The fourth-order valence-corrected chi connectivity index (χ4v) is 2.15. The Kier molecular flexibility index (Phi) is 5.21. The number of methoxy groups -OCH3 is 1. The molecular formula is C11H17F3N2O4. The Morgan fingerprint density at radius 3 is 2.45 bits per heavy atom. The van der Waals surface area contributed by atoms with E-state index in [1.54, 1.807) is 6.92 Å². The van der Waals surface area contributed by atoms with Gasteiger partial charge in [-0.05, 0) is 6.92 Å². The molecule has 1 aliphatic heterocycles. The summed E-state index contributed by atoms with van der Waals surface area (Å²) >= 11 is 0. The Morgan fingerprint density at radius 2 is 2.05 bits per heavy atom. The fourth-order valence-electron chi connectivity index (χ4n) is 2.15. The van der Waals surface area contributed by atoms with E-state index in [2.05, 4.69) is 5.32 Å². The first-order valence-corrected chi connectivity index (χ1v) is 6.00. The molecule has 9 heteroatoms. The van der Waals surface area contributed by atoms with Gasteiger partial charge in [-0.3, -0.25) is 4.79 Å². The summed E-state index contributed by atoms with van der Waals surface area (Å²) in [5.74, 6) is -5.21. The number of nitrogens with zero attached hydrogens (tertiary/aromatic N) is 1. The third kappa shape index (κ3) is 3.99. The van der Waals surface area contributed by atoms with Gasteiger partial charge < -0.3 is 20.1 Å². The van der Waals surface area contributed by atoms with E-state index in [4.69, 9.17) is 9.84 Å². The number of urea groups is 1. The third-order valence-corrected chi connectivity index (χ3v) is 3.13. The van der Waals surface area contributed by atoms with E-state index >= 15 is 0 Å². The molecule has 1 saturated heterocycles. The zero-order chi connectivity index (χ0) is 15.5. The molecule has 2 N–H and O–H groups in total. The number of hydrogen-bond donors (Lipinski definition) is 2. The van der Waals surface area contributed by atoms with Crippen molar-refractivity contribution >= 4 is 12.0 Å². The maximum atomic E-state index is 12.7. The molecule has 3 atom stereocenters. The van der Waals surface area contributed by atoms with E-state index < -0.39 is 43.1 Å². The molecule has 0 unspecified atom stereocenters. The van der Waals surface area contributed by atoms with Crippen molar-refractivity contribution in [3.8, 4) is 0 Å². The van der Waals surface area contributed by atoms with Gasteiger partial charge in [-0.15, -0.1) is 0 Å². The predicted molar refractivity (Wildman–Crippen MR) is 62.1 cm³/mol. The zero-order valence-electron chi connectivity index (χ0n) is 11.1. The van der Waals surface area contributed by atoms with Crippen molar-refractivity contribution in [3.05, 3.63) is 0 Å². The molecule has 0 aliphatic carbocycles. The SMILES string of the molecule is COC[C@@H](C)NC(=O)N1C[C@@H](C(F)(F)F)[C@H](C(=O)O)C1. The fraction of sp³-hybridized carbons (Fsp3) is 0.818. The van der Waals surface area contributed by atoms with Crippen LogP contribution in [0.15, 0.2) is 0 Å². The number of carboxylic acids is 1. The molecule has 0 aromatic carbocycles. The van der Waals surface area contributed by atoms with Gasteiger partial charge in [-0.25, -0.2) is 4.79 Å². The second-order valence-electron chi connectivity index (χ2n) is 4.80. The molecule has 1 aliphatic rings. The highest BCUT2D eigenvalue weighted by Crippen LogP contribution is 2.37. The average molecular weight is 298 g/mol. The lowest BCUT2D eigenvalue weighted by atomic mass is 9.96. The van der Waals surface area contributed by atoms with Crippen LogP contribution in [0.5, 0.6) is 0 Å². The molecule has 1 fully saturated rings.